The van der Waals surface area contributed by atoms with E-state index in [1.54, 1.807) is 13.0 Å². The largest absolute Gasteiger partial charge is 0.352 e. The fourth-order valence-corrected chi connectivity index (χ4v) is 3.41. The van der Waals surface area contributed by atoms with Crippen molar-refractivity contribution in [2.75, 3.05) is 24.5 Å². The summed E-state index contributed by atoms with van der Waals surface area (Å²) in [4.78, 5) is 25.1. The van der Waals surface area contributed by atoms with Gasteiger partial charge in [-0.05, 0) is 26.0 Å². The maximum atomic E-state index is 12.3. The van der Waals surface area contributed by atoms with Gasteiger partial charge in [0.1, 0.15) is 11.9 Å². The smallest absolute Gasteiger partial charge is 0.232 e. The third-order valence-corrected chi connectivity index (χ3v) is 4.87. The average Bonchev–Trinajstić information content (AvgIpc) is 3.13. The Kier molecular flexibility index (Phi) is 3.64. The van der Waals surface area contributed by atoms with Crippen molar-refractivity contribution in [3.05, 3.63) is 35.1 Å². The van der Waals surface area contributed by atoms with Gasteiger partial charge in [0.25, 0.3) is 0 Å². The minimum atomic E-state index is -0.0157. The number of likely N-dealkylation sites (tertiary alicyclic amines) is 1. The molecule has 1 atom stereocenters. The van der Waals surface area contributed by atoms with Gasteiger partial charge in [0.15, 0.2) is 5.82 Å². The van der Waals surface area contributed by atoms with E-state index in [1.165, 1.54) is 0 Å². The van der Waals surface area contributed by atoms with Gasteiger partial charge in [0, 0.05) is 26.1 Å². The average molecular weight is 338 g/mol. The Labute approximate surface area is 145 Å². The summed E-state index contributed by atoms with van der Waals surface area (Å²) in [6.07, 6.45) is 0.423. The number of nitriles is 1. The van der Waals surface area contributed by atoms with Crippen LogP contribution in [-0.4, -0.2) is 51.6 Å². The van der Waals surface area contributed by atoms with Crippen LogP contribution in [0.1, 0.15) is 35.3 Å². The summed E-state index contributed by atoms with van der Waals surface area (Å²) in [5, 5.41) is 12.8. The van der Waals surface area contributed by atoms with Crippen molar-refractivity contribution in [2.24, 2.45) is 0 Å². The van der Waals surface area contributed by atoms with E-state index in [0.29, 0.717) is 30.2 Å². The maximum absolute atomic E-state index is 12.3. The molecule has 1 unspecified atom stereocenters. The molecule has 25 heavy (non-hydrogen) atoms. The molecule has 2 aliphatic rings. The second kappa shape index (κ2) is 5.84. The van der Waals surface area contributed by atoms with Crippen LogP contribution >= 0.6 is 0 Å². The molecule has 4 heterocycles. The number of carbonyl (C=O) groups is 1. The summed E-state index contributed by atoms with van der Waals surface area (Å²) in [6.45, 7) is 5.73. The number of amides is 1. The Morgan fingerprint density at radius 3 is 2.68 bits per heavy atom. The molecule has 0 aromatic carbocycles. The van der Waals surface area contributed by atoms with Crippen LogP contribution in [0.25, 0.3) is 0 Å². The summed E-state index contributed by atoms with van der Waals surface area (Å²) >= 11 is 0. The Bertz CT molecular complexity index is 864. The quantitative estimate of drug-likeness (QED) is 0.828. The second-order valence-electron chi connectivity index (χ2n) is 6.60. The summed E-state index contributed by atoms with van der Waals surface area (Å²) < 4.78 is 5.21. The molecule has 2 fully saturated rings. The maximum Gasteiger partial charge on any atom is 0.232 e. The summed E-state index contributed by atoms with van der Waals surface area (Å²) in [5.74, 6) is 2.11. The van der Waals surface area contributed by atoms with Gasteiger partial charge in [-0.25, -0.2) is 4.98 Å². The predicted octanol–water partition coefficient (Wildman–Crippen LogP) is 1.16. The molecule has 0 aliphatic carbocycles. The van der Waals surface area contributed by atoms with Crippen LogP contribution in [0.15, 0.2) is 16.7 Å². The first-order valence-corrected chi connectivity index (χ1v) is 8.27. The third-order valence-electron chi connectivity index (χ3n) is 4.87. The molecule has 0 N–H and O–H groups in total. The van der Waals surface area contributed by atoms with Gasteiger partial charge < -0.3 is 14.3 Å². The van der Waals surface area contributed by atoms with Gasteiger partial charge in [0.05, 0.1) is 23.2 Å². The minimum Gasteiger partial charge on any atom is -0.352 e. The normalized spacial score (nSPS) is 20.7. The molecule has 0 spiro atoms. The van der Waals surface area contributed by atoms with Gasteiger partial charge in [-0.15, -0.1) is 0 Å². The summed E-state index contributed by atoms with van der Waals surface area (Å²) in [6, 6.07) is 5.96. The molecule has 1 amide bonds. The Balaban J connectivity index is 1.40. The highest BCUT2D eigenvalue weighted by Crippen LogP contribution is 2.32. The van der Waals surface area contributed by atoms with Crippen LogP contribution in [0.2, 0.25) is 0 Å². The van der Waals surface area contributed by atoms with Crippen LogP contribution < -0.4 is 4.90 Å². The van der Waals surface area contributed by atoms with E-state index in [0.717, 1.165) is 24.6 Å². The van der Waals surface area contributed by atoms with Crippen molar-refractivity contribution < 1.29 is 9.32 Å². The molecule has 2 saturated heterocycles. The van der Waals surface area contributed by atoms with E-state index >= 15 is 0 Å². The molecule has 0 radical (unpaired) electrons. The van der Waals surface area contributed by atoms with Crippen molar-refractivity contribution in [3.63, 3.8) is 0 Å². The second-order valence-corrected chi connectivity index (χ2v) is 6.60. The zero-order chi connectivity index (χ0) is 17.6. The number of carbonyl (C=O) groups excluding carboxylic acids is 1. The molecule has 0 bridgehead atoms. The fraction of sp³-hybridized carbons (Fsp3) is 0.471. The van der Waals surface area contributed by atoms with E-state index < -0.39 is 0 Å². The number of aryl methyl sites for hydroxylation is 2. The Hall–Kier alpha value is -2.95. The summed E-state index contributed by atoms with van der Waals surface area (Å²) in [5.41, 5.74) is 1.32. The monoisotopic (exact) mass is 338 g/mol. The minimum absolute atomic E-state index is 0.0157. The van der Waals surface area contributed by atoms with Crippen molar-refractivity contribution in [1.82, 2.24) is 20.0 Å². The first kappa shape index (κ1) is 15.6. The molecular formula is C17H18N6O2. The third kappa shape index (κ3) is 2.71. The number of anilines is 1. The zero-order valence-corrected chi connectivity index (χ0v) is 14.1. The topological polar surface area (TPSA) is 99.2 Å². The van der Waals surface area contributed by atoms with E-state index in [-0.39, 0.29) is 17.9 Å². The highest BCUT2D eigenvalue weighted by atomic mass is 16.5. The Morgan fingerprint density at radius 2 is 2.04 bits per heavy atom. The van der Waals surface area contributed by atoms with Crippen molar-refractivity contribution >= 4 is 11.7 Å². The van der Waals surface area contributed by atoms with Crippen molar-refractivity contribution in [1.29, 1.82) is 5.26 Å². The molecule has 4 rings (SSSR count). The molecule has 2 aromatic heterocycles. The highest BCUT2D eigenvalue weighted by molar-refractivity contribution is 5.80. The van der Waals surface area contributed by atoms with Gasteiger partial charge >= 0.3 is 0 Å². The lowest BCUT2D eigenvalue weighted by atomic mass is 10.1. The van der Waals surface area contributed by atoms with Crippen LogP contribution in [0.4, 0.5) is 5.82 Å². The predicted molar refractivity (Wildman–Crippen MR) is 87.8 cm³/mol. The van der Waals surface area contributed by atoms with E-state index in [4.69, 9.17) is 9.78 Å². The molecule has 2 aliphatic heterocycles. The van der Waals surface area contributed by atoms with Crippen LogP contribution in [0.3, 0.4) is 0 Å². The van der Waals surface area contributed by atoms with E-state index in [1.807, 2.05) is 17.9 Å². The van der Waals surface area contributed by atoms with Gasteiger partial charge in [-0.3, -0.25) is 4.79 Å². The summed E-state index contributed by atoms with van der Waals surface area (Å²) in [7, 11) is 0. The first-order valence-electron chi connectivity index (χ1n) is 8.27. The fourth-order valence-electron chi connectivity index (χ4n) is 3.41. The number of rotatable bonds is 3. The number of pyridine rings is 1. The van der Waals surface area contributed by atoms with E-state index in [2.05, 4.69) is 26.1 Å². The number of hydrogen-bond donors (Lipinski definition) is 0. The number of aromatic nitrogens is 3. The van der Waals surface area contributed by atoms with Crippen molar-refractivity contribution in [3.8, 4) is 6.07 Å². The van der Waals surface area contributed by atoms with Crippen LogP contribution in [0.5, 0.6) is 0 Å². The first-order chi connectivity index (χ1) is 12.0. The molecule has 8 heteroatoms. The van der Waals surface area contributed by atoms with Gasteiger partial charge in [-0.2, -0.15) is 10.2 Å². The van der Waals surface area contributed by atoms with Crippen LogP contribution in [-0.2, 0) is 4.79 Å². The SMILES string of the molecule is Cc1noc(C2CC(=O)N(C3CN(c4ccc(C#N)c(C)n4)C3)C2)n1. The molecule has 0 saturated carbocycles. The zero-order valence-electron chi connectivity index (χ0n) is 14.1. The van der Waals surface area contributed by atoms with Gasteiger partial charge in [0.2, 0.25) is 11.8 Å². The number of nitrogens with zero attached hydrogens (tertiary/aromatic N) is 6. The van der Waals surface area contributed by atoms with E-state index in [9.17, 15) is 4.79 Å². The molecule has 128 valence electrons. The Morgan fingerprint density at radius 1 is 1.24 bits per heavy atom. The highest BCUT2D eigenvalue weighted by Gasteiger charge is 2.42. The lowest BCUT2D eigenvalue weighted by molar-refractivity contribution is -0.130. The van der Waals surface area contributed by atoms with Gasteiger partial charge in [-0.1, -0.05) is 5.16 Å². The standard InChI is InChI=1S/C17H18N6O2/c1-10-12(6-18)3-4-15(19-10)22-8-14(9-22)23-7-13(5-16(23)24)17-20-11(2)21-25-17/h3-4,13-14H,5,7-9H2,1-2H3. The molecule has 2 aromatic rings. The van der Waals surface area contributed by atoms with Crippen molar-refractivity contribution in [2.45, 2.75) is 32.2 Å². The molecule has 8 nitrogen and oxygen atoms in total. The molecular weight excluding hydrogens is 320 g/mol. The lowest BCUT2D eigenvalue weighted by Crippen LogP contribution is -2.60. The lowest BCUT2D eigenvalue weighted by Gasteiger charge is -2.44. The number of hydrogen-bond acceptors (Lipinski definition) is 7. The van der Waals surface area contributed by atoms with Crippen LogP contribution in [0, 0.1) is 25.2 Å².